The Morgan fingerprint density at radius 3 is 2.20 bits per heavy atom. The first-order chi connectivity index (χ1) is 11.0. The summed E-state index contributed by atoms with van der Waals surface area (Å²) in [4.78, 5) is 4.28. The number of aliphatic imine (C=N–C) groups is 1. The lowest BCUT2D eigenvalue weighted by atomic mass is 9.78. The summed E-state index contributed by atoms with van der Waals surface area (Å²) in [5.74, 6) is 1.42. The summed E-state index contributed by atoms with van der Waals surface area (Å²) in [5, 5.41) is 6.69. The SMILES string of the molecule is CN=C(NCC1(CC(C)C)CCCC1)NCC(C)(C)NS(C)(=O)=O.I. The number of hydrogen-bond donors (Lipinski definition) is 3. The Hall–Kier alpha value is -0.0900. The number of halogens is 1. The summed E-state index contributed by atoms with van der Waals surface area (Å²) >= 11 is 0. The van der Waals surface area contributed by atoms with Crippen molar-refractivity contribution in [2.75, 3.05) is 26.4 Å². The highest BCUT2D eigenvalue weighted by molar-refractivity contribution is 14.0. The van der Waals surface area contributed by atoms with Crippen LogP contribution in [0.25, 0.3) is 0 Å². The molecule has 0 aromatic rings. The summed E-state index contributed by atoms with van der Waals surface area (Å²) in [5.41, 5.74) is -0.208. The fourth-order valence-corrected chi connectivity index (χ4v) is 4.85. The third-order valence-corrected chi connectivity index (χ3v) is 5.44. The Morgan fingerprint density at radius 1 is 1.20 bits per heavy atom. The molecule has 6 nitrogen and oxygen atoms in total. The molecule has 1 aliphatic rings. The van der Waals surface area contributed by atoms with Crippen LogP contribution in [0.2, 0.25) is 0 Å². The third-order valence-electron chi connectivity index (χ3n) is 4.52. The largest absolute Gasteiger partial charge is 0.356 e. The molecule has 0 bridgehead atoms. The number of sulfonamides is 1. The van der Waals surface area contributed by atoms with Gasteiger partial charge >= 0.3 is 0 Å². The van der Waals surface area contributed by atoms with E-state index in [1.807, 2.05) is 13.8 Å². The number of rotatable bonds is 8. The summed E-state index contributed by atoms with van der Waals surface area (Å²) < 4.78 is 25.5. The quantitative estimate of drug-likeness (QED) is 0.279. The van der Waals surface area contributed by atoms with E-state index in [1.54, 1.807) is 7.05 Å². The van der Waals surface area contributed by atoms with Crippen LogP contribution in [-0.2, 0) is 10.0 Å². The van der Waals surface area contributed by atoms with E-state index in [4.69, 9.17) is 0 Å². The molecule has 0 aromatic carbocycles. The maximum atomic E-state index is 11.4. The second kappa shape index (κ2) is 10.3. The third kappa shape index (κ3) is 9.98. The van der Waals surface area contributed by atoms with E-state index in [1.165, 1.54) is 38.4 Å². The van der Waals surface area contributed by atoms with E-state index in [-0.39, 0.29) is 24.0 Å². The fraction of sp³-hybridized carbons (Fsp3) is 0.941. The second-order valence-corrected chi connectivity index (χ2v) is 10.1. The summed E-state index contributed by atoms with van der Waals surface area (Å²) in [7, 11) is -1.49. The zero-order valence-electron chi connectivity index (χ0n) is 16.6. The highest BCUT2D eigenvalue weighted by atomic mass is 127. The molecular formula is C17H37IN4O2S. The van der Waals surface area contributed by atoms with Crippen LogP contribution < -0.4 is 15.4 Å². The van der Waals surface area contributed by atoms with Crippen LogP contribution >= 0.6 is 24.0 Å². The lowest BCUT2D eigenvalue weighted by Crippen LogP contribution is -2.53. The van der Waals surface area contributed by atoms with Gasteiger partial charge in [-0.15, -0.1) is 24.0 Å². The Balaban J connectivity index is 0.00000576. The predicted molar refractivity (Wildman–Crippen MR) is 117 cm³/mol. The average molecular weight is 488 g/mol. The van der Waals surface area contributed by atoms with Crippen LogP contribution in [0.4, 0.5) is 0 Å². The van der Waals surface area contributed by atoms with Crippen LogP contribution in [0, 0.1) is 11.3 Å². The first kappa shape index (κ1) is 24.9. The van der Waals surface area contributed by atoms with Gasteiger partial charge in [0.15, 0.2) is 5.96 Å². The predicted octanol–water partition coefficient (Wildman–Crippen LogP) is 2.70. The van der Waals surface area contributed by atoms with Crippen molar-refractivity contribution in [3.63, 3.8) is 0 Å². The van der Waals surface area contributed by atoms with E-state index >= 15 is 0 Å². The Labute approximate surface area is 171 Å². The first-order valence-corrected chi connectivity index (χ1v) is 10.8. The molecule has 3 N–H and O–H groups in total. The maximum absolute atomic E-state index is 11.4. The van der Waals surface area contributed by atoms with E-state index in [2.05, 4.69) is 34.2 Å². The van der Waals surface area contributed by atoms with Gasteiger partial charge in [0.2, 0.25) is 10.0 Å². The van der Waals surface area contributed by atoms with Gasteiger partial charge in [-0.3, -0.25) is 4.99 Å². The van der Waals surface area contributed by atoms with Gasteiger partial charge in [0, 0.05) is 25.7 Å². The number of nitrogens with zero attached hydrogens (tertiary/aromatic N) is 1. The zero-order chi connectivity index (χ0) is 18.4. The van der Waals surface area contributed by atoms with Gasteiger partial charge in [-0.2, -0.15) is 0 Å². The van der Waals surface area contributed by atoms with Crippen LogP contribution in [-0.4, -0.2) is 46.3 Å². The minimum atomic E-state index is -3.24. The minimum Gasteiger partial charge on any atom is -0.356 e. The van der Waals surface area contributed by atoms with Gasteiger partial charge in [0.1, 0.15) is 0 Å². The normalized spacial score (nSPS) is 18.1. The molecule has 1 rings (SSSR count). The lowest BCUT2D eigenvalue weighted by molar-refractivity contribution is 0.234. The Kier molecular flexibility index (Phi) is 10.3. The molecule has 0 aromatic heterocycles. The molecular weight excluding hydrogens is 451 g/mol. The smallest absolute Gasteiger partial charge is 0.209 e. The molecule has 1 fully saturated rings. The van der Waals surface area contributed by atoms with Crippen molar-refractivity contribution < 1.29 is 8.42 Å². The maximum Gasteiger partial charge on any atom is 0.209 e. The van der Waals surface area contributed by atoms with Crippen LogP contribution in [0.5, 0.6) is 0 Å². The molecule has 25 heavy (non-hydrogen) atoms. The number of guanidine groups is 1. The van der Waals surface area contributed by atoms with E-state index in [9.17, 15) is 8.42 Å². The molecule has 150 valence electrons. The first-order valence-electron chi connectivity index (χ1n) is 8.90. The molecule has 1 saturated carbocycles. The molecule has 1 aliphatic carbocycles. The highest BCUT2D eigenvalue weighted by Crippen LogP contribution is 2.42. The van der Waals surface area contributed by atoms with Gasteiger partial charge in [-0.05, 0) is 44.4 Å². The molecule has 0 aliphatic heterocycles. The lowest BCUT2D eigenvalue weighted by Gasteiger charge is -2.32. The standard InChI is InChI=1S/C17H36N4O2S.HI/c1-14(2)11-17(9-7-8-10-17)13-20-15(18-5)19-12-16(3,4)21-24(6,22)23;/h14,21H,7-13H2,1-6H3,(H2,18,19,20);1H. The molecule has 0 heterocycles. The van der Waals surface area contributed by atoms with Crippen molar-refractivity contribution in [3.8, 4) is 0 Å². The zero-order valence-corrected chi connectivity index (χ0v) is 19.8. The van der Waals surface area contributed by atoms with Crippen molar-refractivity contribution in [2.24, 2.45) is 16.3 Å². The van der Waals surface area contributed by atoms with Gasteiger partial charge in [-0.25, -0.2) is 13.1 Å². The molecule has 8 heteroatoms. The van der Waals surface area contributed by atoms with Crippen molar-refractivity contribution in [2.45, 2.75) is 65.3 Å². The Bertz CT molecular complexity index is 527. The average Bonchev–Trinajstić information content (AvgIpc) is 2.84. The van der Waals surface area contributed by atoms with Gasteiger partial charge in [0.25, 0.3) is 0 Å². The van der Waals surface area contributed by atoms with Crippen LogP contribution in [0.3, 0.4) is 0 Å². The van der Waals surface area contributed by atoms with Gasteiger partial charge < -0.3 is 10.6 Å². The van der Waals surface area contributed by atoms with Crippen molar-refractivity contribution in [1.29, 1.82) is 0 Å². The Morgan fingerprint density at radius 2 is 1.76 bits per heavy atom. The van der Waals surface area contributed by atoms with Crippen LogP contribution in [0.15, 0.2) is 4.99 Å². The van der Waals surface area contributed by atoms with Crippen LogP contribution in [0.1, 0.15) is 59.8 Å². The number of nitrogens with one attached hydrogen (secondary N) is 3. The van der Waals surface area contributed by atoms with Gasteiger partial charge in [0.05, 0.1) is 6.26 Å². The minimum absolute atomic E-state index is 0. The monoisotopic (exact) mass is 488 g/mol. The van der Waals surface area contributed by atoms with E-state index in [0.29, 0.717) is 17.9 Å². The molecule has 0 amide bonds. The molecule has 0 atom stereocenters. The molecule has 0 spiro atoms. The van der Waals surface area contributed by atoms with Crippen molar-refractivity contribution in [3.05, 3.63) is 0 Å². The number of hydrogen-bond acceptors (Lipinski definition) is 3. The van der Waals surface area contributed by atoms with E-state index < -0.39 is 15.6 Å². The highest BCUT2D eigenvalue weighted by Gasteiger charge is 2.34. The van der Waals surface area contributed by atoms with Crippen molar-refractivity contribution in [1.82, 2.24) is 15.4 Å². The topological polar surface area (TPSA) is 82.6 Å². The van der Waals surface area contributed by atoms with Crippen molar-refractivity contribution >= 4 is 40.0 Å². The van der Waals surface area contributed by atoms with E-state index in [0.717, 1.165) is 12.5 Å². The molecule has 0 radical (unpaired) electrons. The summed E-state index contributed by atoms with van der Waals surface area (Å²) in [6.45, 7) is 9.66. The second-order valence-electron chi connectivity index (χ2n) is 8.34. The summed E-state index contributed by atoms with van der Waals surface area (Å²) in [6.07, 6.45) is 7.58. The molecule has 0 saturated heterocycles. The molecule has 0 unspecified atom stereocenters. The van der Waals surface area contributed by atoms with Gasteiger partial charge in [-0.1, -0.05) is 26.7 Å². The fourth-order valence-electron chi connectivity index (χ4n) is 3.78. The summed E-state index contributed by atoms with van der Waals surface area (Å²) in [6, 6.07) is 0.